The van der Waals surface area contributed by atoms with Gasteiger partial charge in [-0.25, -0.2) is 13.8 Å². The molecule has 7 nitrogen and oxygen atoms in total. The lowest BCUT2D eigenvalue weighted by Gasteiger charge is -2.15. The topological polar surface area (TPSA) is 90.2 Å². The van der Waals surface area contributed by atoms with Crippen molar-refractivity contribution in [3.8, 4) is 5.88 Å². The van der Waals surface area contributed by atoms with Gasteiger partial charge in [-0.2, -0.15) is 13.8 Å². The maximum absolute atomic E-state index is 12.7. The van der Waals surface area contributed by atoms with E-state index in [0.29, 0.717) is 0 Å². The summed E-state index contributed by atoms with van der Waals surface area (Å²) >= 11 is 0. The Hall–Kier alpha value is -2.20. The highest BCUT2D eigenvalue weighted by Gasteiger charge is 2.42. The molecule has 0 aliphatic carbocycles. The number of halogens is 4. The molecule has 0 saturated carbocycles. The number of alkyl halides is 4. The summed E-state index contributed by atoms with van der Waals surface area (Å²) in [5, 5.41) is 13.4. The van der Waals surface area contributed by atoms with Crippen LogP contribution in [0.3, 0.4) is 0 Å². The Balaban J connectivity index is 3.00. The van der Waals surface area contributed by atoms with Gasteiger partial charge >= 0.3 is 18.0 Å². The molecule has 1 aromatic rings. The summed E-state index contributed by atoms with van der Waals surface area (Å²) in [6, 6.07) is 0. The molecule has 0 atom stereocenters. The van der Waals surface area contributed by atoms with E-state index in [-0.39, 0.29) is 12.4 Å². The molecule has 0 aromatic carbocycles. The molecule has 0 amide bonds. The minimum absolute atomic E-state index is 0.247. The Morgan fingerprint density at radius 2 is 2.15 bits per heavy atom. The van der Waals surface area contributed by atoms with Crippen LogP contribution in [0.1, 0.15) is 6.92 Å². The maximum Gasteiger partial charge on any atom is 0.372 e. The van der Waals surface area contributed by atoms with Crippen LogP contribution in [0.2, 0.25) is 0 Å². The van der Waals surface area contributed by atoms with Gasteiger partial charge < -0.3 is 10.1 Å². The van der Waals surface area contributed by atoms with E-state index in [1.165, 1.54) is 0 Å². The van der Waals surface area contributed by atoms with Crippen molar-refractivity contribution >= 4 is 11.5 Å². The van der Waals surface area contributed by atoms with Gasteiger partial charge in [0.15, 0.2) is 6.61 Å². The lowest BCUT2D eigenvalue weighted by Crippen LogP contribution is -2.34. The van der Waals surface area contributed by atoms with Gasteiger partial charge in [-0.15, -0.1) is 0 Å². The first kappa shape index (κ1) is 15.9. The summed E-state index contributed by atoms with van der Waals surface area (Å²) in [4.78, 5) is 16.8. The van der Waals surface area contributed by atoms with Crippen molar-refractivity contribution in [1.29, 1.82) is 0 Å². The van der Waals surface area contributed by atoms with Crippen LogP contribution in [0, 0.1) is 10.1 Å². The molecular formula is C9H10F4N4O3. The predicted molar refractivity (Wildman–Crippen MR) is 59.3 cm³/mol. The van der Waals surface area contributed by atoms with Crippen LogP contribution in [-0.2, 0) is 0 Å². The van der Waals surface area contributed by atoms with Crippen LogP contribution in [0.5, 0.6) is 5.88 Å². The monoisotopic (exact) mass is 298 g/mol. The van der Waals surface area contributed by atoms with Crippen molar-refractivity contribution in [2.75, 3.05) is 18.5 Å². The van der Waals surface area contributed by atoms with E-state index in [9.17, 15) is 27.7 Å². The van der Waals surface area contributed by atoms with Crippen LogP contribution >= 0.6 is 0 Å². The lowest BCUT2D eigenvalue weighted by molar-refractivity contribution is -0.385. The normalized spacial score (nSPS) is 11.5. The average Bonchev–Trinajstić information content (AvgIpc) is 2.36. The SMILES string of the molecule is CCNc1ncnc(OCC(F)(F)C(F)F)c1[N+](=O)[O-]. The largest absolute Gasteiger partial charge is 0.466 e. The van der Waals surface area contributed by atoms with E-state index in [2.05, 4.69) is 20.0 Å². The summed E-state index contributed by atoms with van der Waals surface area (Å²) in [6.07, 6.45) is -3.11. The lowest BCUT2D eigenvalue weighted by atomic mass is 10.4. The first-order valence-electron chi connectivity index (χ1n) is 5.31. The number of hydrogen-bond acceptors (Lipinski definition) is 6. The van der Waals surface area contributed by atoms with Gasteiger partial charge in [-0.3, -0.25) is 10.1 Å². The van der Waals surface area contributed by atoms with E-state index < -0.39 is 35.4 Å². The van der Waals surface area contributed by atoms with Gasteiger partial charge in [0.05, 0.1) is 4.92 Å². The third kappa shape index (κ3) is 3.65. The number of nitro groups is 1. The van der Waals surface area contributed by atoms with Gasteiger partial charge in [0, 0.05) is 6.54 Å². The number of nitrogens with one attached hydrogen (secondary N) is 1. The molecule has 0 spiro atoms. The fraction of sp³-hybridized carbons (Fsp3) is 0.556. The van der Waals surface area contributed by atoms with Gasteiger partial charge in [0.2, 0.25) is 5.82 Å². The number of hydrogen-bond donors (Lipinski definition) is 1. The second-order valence-corrected chi connectivity index (χ2v) is 3.51. The van der Waals surface area contributed by atoms with Gasteiger partial charge in [-0.05, 0) is 6.92 Å². The summed E-state index contributed by atoms with van der Waals surface area (Å²) in [5.41, 5.74) is -0.792. The quantitative estimate of drug-likeness (QED) is 0.471. The molecule has 0 radical (unpaired) electrons. The van der Waals surface area contributed by atoms with Crippen molar-refractivity contribution in [2.24, 2.45) is 0 Å². The van der Waals surface area contributed by atoms with Crippen LogP contribution in [0.4, 0.5) is 29.1 Å². The Morgan fingerprint density at radius 3 is 2.65 bits per heavy atom. The molecule has 1 aromatic heterocycles. The fourth-order valence-corrected chi connectivity index (χ4v) is 1.16. The Morgan fingerprint density at radius 1 is 1.50 bits per heavy atom. The first-order valence-corrected chi connectivity index (χ1v) is 5.31. The second kappa shape index (κ2) is 6.30. The van der Waals surface area contributed by atoms with Crippen LogP contribution < -0.4 is 10.1 Å². The maximum atomic E-state index is 12.7. The fourth-order valence-electron chi connectivity index (χ4n) is 1.16. The summed E-state index contributed by atoms with van der Waals surface area (Å²) in [7, 11) is 0. The zero-order chi connectivity index (χ0) is 15.3. The highest BCUT2D eigenvalue weighted by molar-refractivity contribution is 5.60. The Kier molecular flexibility index (Phi) is 5.00. The van der Waals surface area contributed by atoms with Crippen molar-refractivity contribution in [1.82, 2.24) is 9.97 Å². The zero-order valence-corrected chi connectivity index (χ0v) is 10.1. The first-order chi connectivity index (χ1) is 9.29. The summed E-state index contributed by atoms with van der Waals surface area (Å²) < 4.78 is 53.7. The molecule has 1 rings (SSSR count). The number of nitrogens with zero attached hydrogens (tertiary/aromatic N) is 3. The molecule has 0 bridgehead atoms. The number of rotatable bonds is 7. The molecule has 1 N–H and O–H groups in total. The van der Waals surface area contributed by atoms with Crippen molar-refractivity contribution < 1.29 is 27.2 Å². The summed E-state index contributed by atoms with van der Waals surface area (Å²) in [5.74, 6) is -5.49. The molecule has 0 aliphatic heterocycles. The van der Waals surface area contributed by atoms with Crippen LogP contribution in [0.15, 0.2) is 6.33 Å². The zero-order valence-electron chi connectivity index (χ0n) is 10.1. The number of anilines is 1. The van der Waals surface area contributed by atoms with Gasteiger partial charge in [-0.1, -0.05) is 0 Å². The van der Waals surface area contributed by atoms with Crippen molar-refractivity contribution in [2.45, 2.75) is 19.3 Å². The van der Waals surface area contributed by atoms with E-state index >= 15 is 0 Å². The molecule has 11 heteroatoms. The highest BCUT2D eigenvalue weighted by atomic mass is 19.3. The summed E-state index contributed by atoms with van der Waals surface area (Å²) in [6.45, 7) is 0.163. The smallest absolute Gasteiger partial charge is 0.372 e. The molecule has 20 heavy (non-hydrogen) atoms. The van der Waals surface area contributed by atoms with Gasteiger partial charge in [0.1, 0.15) is 6.33 Å². The molecule has 112 valence electrons. The van der Waals surface area contributed by atoms with E-state index in [1.54, 1.807) is 6.92 Å². The molecular weight excluding hydrogens is 288 g/mol. The highest BCUT2D eigenvalue weighted by Crippen LogP contribution is 2.32. The van der Waals surface area contributed by atoms with E-state index in [1.807, 2.05) is 0 Å². The van der Waals surface area contributed by atoms with E-state index in [4.69, 9.17) is 0 Å². The number of aromatic nitrogens is 2. The van der Waals surface area contributed by atoms with Crippen LogP contribution in [0.25, 0.3) is 0 Å². The minimum atomic E-state index is -4.43. The predicted octanol–water partition coefficient (Wildman–Crippen LogP) is 2.10. The third-order valence-corrected chi connectivity index (χ3v) is 2.04. The molecule has 0 unspecified atom stereocenters. The second-order valence-electron chi connectivity index (χ2n) is 3.51. The molecule has 0 fully saturated rings. The minimum Gasteiger partial charge on any atom is -0.466 e. The van der Waals surface area contributed by atoms with Crippen molar-refractivity contribution in [3.63, 3.8) is 0 Å². The molecule has 0 aliphatic rings. The third-order valence-electron chi connectivity index (χ3n) is 2.04. The molecule has 1 heterocycles. The Labute approximate surface area is 110 Å². The van der Waals surface area contributed by atoms with Crippen LogP contribution in [-0.4, -0.2) is 40.4 Å². The van der Waals surface area contributed by atoms with Gasteiger partial charge in [0.25, 0.3) is 5.88 Å². The molecule has 0 saturated heterocycles. The standard InChI is InChI=1S/C9H10F4N4O3/c1-2-14-6-5(17(18)19)7(16-4-15-6)20-3-9(12,13)8(10)11/h4,8H,2-3H2,1H3,(H,14,15,16). The Bertz CT molecular complexity index is 486. The average molecular weight is 298 g/mol. The van der Waals surface area contributed by atoms with Crippen molar-refractivity contribution in [3.05, 3.63) is 16.4 Å². The van der Waals surface area contributed by atoms with E-state index in [0.717, 1.165) is 6.33 Å². The number of ether oxygens (including phenoxy) is 1.